The van der Waals surface area contributed by atoms with Crippen molar-refractivity contribution in [2.75, 3.05) is 45.3 Å². The molecule has 2 amide bonds. The number of anilines is 1. The number of carbonyl (C=O) groups is 1. The summed E-state index contributed by atoms with van der Waals surface area (Å²) in [5, 5.41) is 3.05. The smallest absolute Gasteiger partial charge is 0.317 e. The molecule has 0 aromatic carbocycles. The normalized spacial score (nSPS) is 24.0. The van der Waals surface area contributed by atoms with Crippen molar-refractivity contribution < 1.29 is 9.53 Å². The van der Waals surface area contributed by atoms with E-state index in [4.69, 9.17) is 4.74 Å². The number of H-pyrrole nitrogens is 1. The second-order valence-electron chi connectivity index (χ2n) is 6.30. The number of amides is 2. The Morgan fingerprint density at radius 2 is 2.09 bits per heavy atom. The minimum absolute atomic E-state index is 0.0235. The van der Waals surface area contributed by atoms with Crippen molar-refractivity contribution in [1.29, 1.82) is 0 Å². The van der Waals surface area contributed by atoms with Crippen LogP contribution in [0.4, 0.5) is 10.7 Å². The summed E-state index contributed by atoms with van der Waals surface area (Å²) in [4.78, 5) is 34.6. The molecule has 2 heterocycles. The van der Waals surface area contributed by atoms with Gasteiger partial charge in [-0.2, -0.15) is 0 Å². The molecule has 2 N–H and O–H groups in total. The van der Waals surface area contributed by atoms with E-state index in [9.17, 15) is 9.59 Å². The lowest BCUT2D eigenvalue weighted by Gasteiger charge is -2.37. The average Bonchev–Trinajstić information content (AvgIpc) is 2.50. The van der Waals surface area contributed by atoms with Gasteiger partial charge in [0.2, 0.25) is 5.95 Å². The molecule has 0 atom stereocenters. The maximum absolute atomic E-state index is 12.1. The SMILES string of the molecule is CN(C)c1nc(C2CC(NC(=O)N3CCOCC3)C2)cc(=O)[nH]1. The van der Waals surface area contributed by atoms with Crippen LogP contribution in [0.15, 0.2) is 10.9 Å². The summed E-state index contributed by atoms with van der Waals surface area (Å²) in [5.41, 5.74) is 0.661. The van der Waals surface area contributed by atoms with Crippen LogP contribution >= 0.6 is 0 Å². The molecule has 2 aliphatic rings. The number of nitrogens with one attached hydrogen (secondary N) is 2. The first-order valence-electron chi connectivity index (χ1n) is 7.94. The van der Waals surface area contributed by atoms with Crippen molar-refractivity contribution in [3.63, 3.8) is 0 Å². The lowest BCUT2D eigenvalue weighted by atomic mass is 9.78. The second kappa shape index (κ2) is 6.57. The van der Waals surface area contributed by atoms with Gasteiger partial charge in [0.15, 0.2) is 0 Å². The molecule has 2 fully saturated rings. The monoisotopic (exact) mass is 321 g/mol. The van der Waals surface area contributed by atoms with Crippen molar-refractivity contribution in [3.05, 3.63) is 22.1 Å². The summed E-state index contributed by atoms with van der Waals surface area (Å²) in [5.74, 6) is 0.791. The van der Waals surface area contributed by atoms with Crippen LogP contribution in [0.2, 0.25) is 0 Å². The summed E-state index contributed by atoms with van der Waals surface area (Å²) in [7, 11) is 3.68. The van der Waals surface area contributed by atoms with Crippen molar-refractivity contribution in [2.45, 2.75) is 24.8 Å². The molecule has 0 radical (unpaired) electrons. The van der Waals surface area contributed by atoms with E-state index in [0.29, 0.717) is 32.3 Å². The van der Waals surface area contributed by atoms with Crippen LogP contribution < -0.4 is 15.8 Å². The largest absolute Gasteiger partial charge is 0.378 e. The van der Waals surface area contributed by atoms with Crippen molar-refractivity contribution in [3.8, 4) is 0 Å². The molecule has 0 bridgehead atoms. The number of nitrogens with zero attached hydrogens (tertiary/aromatic N) is 3. The van der Waals surface area contributed by atoms with E-state index in [-0.39, 0.29) is 23.6 Å². The van der Waals surface area contributed by atoms with E-state index in [2.05, 4.69) is 15.3 Å². The number of rotatable bonds is 3. The minimum Gasteiger partial charge on any atom is -0.378 e. The number of urea groups is 1. The highest BCUT2D eigenvalue weighted by Gasteiger charge is 2.34. The molecule has 8 nitrogen and oxygen atoms in total. The maximum atomic E-state index is 12.1. The molecule has 1 aromatic heterocycles. The molecule has 3 rings (SSSR count). The summed E-state index contributed by atoms with van der Waals surface area (Å²) < 4.78 is 5.25. The Labute approximate surface area is 134 Å². The predicted octanol–water partition coefficient (Wildman–Crippen LogP) is 0.124. The van der Waals surface area contributed by atoms with Gasteiger partial charge in [0.1, 0.15) is 0 Å². The van der Waals surface area contributed by atoms with E-state index >= 15 is 0 Å². The van der Waals surface area contributed by atoms with E-state index in [1.54, 1.807) is 15.9 Å². The third-order valence-corrected chi connectivity index (χ3v) is 4.35. The lowest BCUT2D eigenvalue weighted by molar-refractivity contribution is 0.0514. The Morgan fingerprint density at radius 1 is 1.39 bits per heavy atom. The Balaban J connectivity index is 1.54. The molecule has 1 aliphatic heterocycles. The number of aromatic nitrogens is 2. The van der Waals surface area contributed by atoms with Gasteiger partial charge in [0.05, 0.1) is 18.9 Å². The fourth-order valence-electron chi connectivity index (χ4n) is 2.89. The van der Waals surface area contributed by atoms with E-state index < -0.39 is 0 Å². The number of hydrogen-bond donors (Lipinski definition) is 2. The topological polar surface area (TPSA) is 90.6 Å². The van der Waals surface area contributed by atoms with Gasteiger partial charge in [-0.1, -0.05) is 0 Å². The number of aromatic amines is 1. The van der Waals surface area contributed by atoms with E-state index in [1.807, 2.05) is 14.1 Å². The molecule has 1 saturated carbocycles. The third-order valence-electron chi connectivity index (χ3n) is 4.35. The van der Waals surface area contributed by atoms with Crippen molar-refractivity contribution in [1.82, 2.24) is 20.2 Å². The standard InChI is InChI=1S/C15H23N5O3/c1-19(2)14-17-12(9-13(21)18-14)10-7-11(8-10)16-15(22)20-3-5-23-6-4-20/h9-11H,3-8H2,1-2H3,(H,16,22)(H,17,18,21). The van der Waals surface area contributed by atoms with Crippen LogP contribution in [0.1, 0.15) is 24.5 Å². The molecule has 1 saturated heterocycles. The van der Waals surface area contributed by atoms with E-state index in [0.717, 1.165) is 18.5 Å². The summed E-state index contributed by atoms with van der Waals surface area (Å²) >= 11 is 0. The first-order valence-corrected chi connectivity index (χ1v) is 7.94. The zero-order valence-corrected chi connectivity index (χ0v) is 13.5. The third kappa shape index (κ3) is 3.64. The van der Waals surface area contributed by atoms with Crippen molar-refractivity contribution >= 4 is 12.0 Å². The van der Waals surface area contributed by atoms with Crippen molar-refractivity contribution in [2.24, 2.45) is 0 Å². The zero-order valence-electron chi connectivity index (χ0n) is 13.5. The van der Waals surface area contributed by atoms with Gasteiger partial charge in [0.25, 0.3) is 5.56 Å². The minimum atomic E-state index is -0.139. The molecule has 1 aliphatic carbocycles. The predicted molar refractivity (Wildman–Crippen MR) is 85.9 cm³/mol. The van der Waals surface area contributed by atoms with Gasteiger partial charge in [-0.15, -0.1) is 0 Å². The molecule has 1 aromatic rings. The highest BCUT2D eigenvalue weighted by Crippen LogP contribution is 2.35. The zero-order chi connectivity index (χ0) is 16.4. The van der Waals surface area contributed by atoms with Crippen LogP contribution in [-0.4, -0.2) is 67.3 Å². The molecule has 23 heavy (non-hydrogen) atoms. The first kappa shape index (κ1) is 15.8. The van der Waals surface area contributed by atoms with Gasteiger partial charge in [-0.05, 0) is 12.8 Å². The quantitative estimate of drug-likeness (QED) is 0.825. The number of carbonyl (C=O) groups excluding carboxylic acids is 1. The van der Waals surface area contributed by atoms with Gasteiger partial charge in [-0.3, -0.25) is 9.78 Å². The summed E-state index contributed by atoms with van der Waals surface area (Å²) in [6, 6.07) is 1.68. The molecule has 0 unspecified atom stereocenters. The highest BCUT2D eigenvalue weighted by molar-refractivity contribution is 5.74. The molecular weight excluding hydrogens is 298 g/mol. The molecule has 0 spiro atoms. The van der Waals surface area contributed by atoms with Crippen LogP contribution in [0.5, 0.6) is 0 Å². The van der Waals surface area contributed by atoms with Crippen LogP contribution in [-0.2, 0) is 4.74 Å². The maximum Gasteiger partial charge on any atom is 0.317 e. The Kier molecular flexibility index (Phi) is 4.51. The Bertz CT molecular complexity index is 618. The second-order valence-corrected chi connectivity index (χ2v) is 6.30. The molecule has 126 valence electrons. The van der Waals surface area contributed by atoms with Crippen LogP contribution in [0, 0.1) is 0 Å². The first-order chi connectivity index (χ1) is 11.0. The van der Waals surface area contributed by atoms with Crippen LogP contribution in [0.3, 0.4) is 0 Å². The number of hydrogen-bond acceptors (Lipinski definition) is 5. The Hall–Kier alpha value is -2.09. The average molecular weight is 321 g/mol. The fourth-order valence-corrected chi connectivity index (χ4v) is 2.89. The summed E-state index contributed by atoms with van der Waals surface area (Å²) in [6.45, 7) is 2.49. The van der Waals surface area contributed by atoms with E-state index in [1.165, 1.54) is 0 Å². The number of morpholine rings is 1. The van der Waals surface area contributed by atoms with Gasteiger partial charge in [0, 0.05) is 45.2 Å². The van der Waals surface area contributed by atoms with Gasteiger partial charge >= 0.3 is 6.03 Å². The molecule has 8 heteroatoms. The molecular formula is C15H23N5O3. The fraction of sp³-hybridized carbons (Fsp3) is 0.667. The highest BCUT2D eigenvalue weighted by atomic mass is 16.5. The Morgan fingerprint density at radius 3 is 2.74 bits per heavy atom. The van der Waals surface area contributed by atoms with Gasteiger partial charge < -0.3 is 19.9 Å². The lowest BCUT2D eigenvalue weighted by Crippen LogP contribution is -2.52. The van der Waals surface area contributed by atoms with Gasteiger partial charge in [-0.25, -0.2) is 9.78 Å². The van der Waals surface area contributed by atoms with Crippen LogP contribution in [0.25, 0.3) is 0 Å². The number of ether oxygens (including phenoxy) is 1. The summed E-state index contributed by atoms with van der Waals surface area (Å²) in [6.07, 6.45) is 1.64.